The monoisotopic (exact) mass is 350 g/mol. The number of nitrogens with zero attached hydrogens (tertiary/aromatic N) is 1. The SMILES string of the molecule is O=C(NNC(=S)NC(=O)C1CCCCC1)c1ccccc1[N+](=O)[O-]. The number of amides is 2. The van der Waals surface area contributed by atoms with Crippen LogP contribution in [0.2, 0.25) is 0 Å². The molecule has 2 amide bonds. The topological polar surface area (TPSA) is 113 Å². The second-order valence-electron chi connectivity index (χ2n) is 5.51. The minimum absolute atomic E-state index is 0.0440. The molecule has 1 aliphatic carbocycles. The Morgan fingerprint density at radius 2 is 1.79 bits per heavy atom. The standard InChI is InChI=1S/C15H18N4O4S/c20-13(10-6-2-1-3-7-10)16-15(24)18-17-14(21)11-8-4-5-9-12(11)19(22)23/h4-5,8-10H,1-3,6-7H2,(H,17,21)(H2,16,18,20,24). The lowest BCUT2D eigenvalue weighted by Gasteiger charge is -2.21. The van der Waals surface area contributed by atoms with E-state index in [2.05, 4.69) is 16.2 Å². The second-order valence-corrected chi connectivity index (χ2v) is 5.91. The largest absolute Gasteiger partial charge is 0.302 e. The van der Waals surface area contributed by atoms with Crippen LogP contribution in [0.25, 0.3) is 0 Å². The fourth-order valence-corrected chi connectivity index (χ4v) is 2.77. The molecule has 0 unspecified atom stereocenters. The quantitative estimate of drug-likeness (QED) is 0.435. The Kier molecular flexibility index (Phi) is 6.19. The Balaban J connectivity index is 1.86. The number of nitrogens with one attached hydrogen (secondary N) is 3. The molecule has 8 nitrogen and oxygen atoms in total. The normalized spacial score (nSPS) is 14.5. The first-order valence-electron chi connectivity index (χ1n) is 7.63. The van der Waals surface area contributed by atoms with Gasteiger partial charge in [-0.2, -0.15) is 0 Å². The Morgan fingerprint density at radius 1 is 1.12 bits per heavy atom. The molecule has 9 heteroatoms. The van der Waals surface area contributed by atoms with Crippen molar-refractivity contribution in [3.63, 3.8) is 0 Å². The van der Waals surface area contributed by atoms with E-state index in [9.17, 15) is 19.7 Å². The van der Waals surface area contributed by atoms with Crippen molar-refractivity contribution in [1.82, 2.24) is 16.2 Å². The van der Waals surface area contributed by atoms with Gasteiger partial charge in [0.05, 0.1) is 4.92 Å². The van der Waals surface area contributed by atoms with Crippen LogP contribution >= 0.6 is 12.2 Å². The van der Waals surface area contributed by atoms with Gasteiger partial charge < -0.3 is 5.32 Å². The molecule has 0 saturated heterocycles. The number of rotatable bonds is 3. The van der Waals surface area contributed by atoms with Gasteiger partial charge in [0.1, 0.15) is 5.56 Å². The Bertz CT molecular complexity index is 659. The Hall–Kier alpha value is -2.55. The zero-order valence-corrected chi connectivity index (χ0v) is 13.7. The lowest BCUT2D eigenvalue weighted by atomic mass is 9.89. The van der Waals surface area contributed by atoms with E-state index in [0.717, 1.165) is 32.1 Å². The minimum atomic E-state index is -0.712. The molecule has 0 radical (unpaired) electrons. The predicted octanol–water partition coefficient (Wildman–Crippen LogP) is 1.81. The number of hydrazine groups is 1. The van der Waals surface area contributed by atoms with E-state index in [1.807, 2.05) is 0 Å². The van der Waals surface area contributed by atoms with E-state index in [1.54, 1.807) is 0 Å². The Labute approximate surface area is 144 Å². The van der Waals surface area contributed by atoms with E-state index in [1.165, 1.54) is 24.3 Å². The lowest BCUT2D eigenvalue weighted by Crippen LogP contribution is -2.49. The number of para-hydroxylation sites is 1. The Morgan fingerprint density at radius 3 is 2.46 bits per heavy atom. The molecule has 1 aliphatic rings. The summed E-state index contributed by atoms with van der Waals surface area (Å²) in [5, 5.41) is 13.4. The first kappa shape index (κ1) is 17.8. The zero-order valence-electron chi connectivity index (χ0n) is 12.9. The number of hydrogen-bond acceptors (Lipinski definition) is 5. The molecule has 0 aliphatic heterocycles. The van der Waals surface area contributed by atoms with Gasteiger partial charge >= 0.3 is 0 Å². The zero-order chi connectivity index (χ0) is 17.5. The number of nitro benzene ring substituents is 1. The van der Waals surface area contributed by atoms with Crippen molar-refractivity contribution in [3.05, 3.63) is 39.9 Å². The van der Waals surface area contributed by atoms with Crippen molar-refractivity contribution in [2.75, 3.05) is 0 Å². The highest BCUT2D eigenvalue weighted by Gasteiger charge is 2.22. The van der Waals surface area contributed by atoms with Crippen molar-refractivity contribution in [1.29, 1.82) is 0 Å². The highest BCUT2D eigenvalue weighted by molar-refractivity contribution is 7.80. The number of carbonyl (C=O) groups is 2. The first-order valence-corrected chi connectivity index (χ1v) is 8.04. The molecule has 24 heavy (non-hydrogen) atoms. The van der Waals surface area contributed by atoms with E-state index < -0.39 is 10.8 Å². The van der Waals surface area contributed by atoms with E-state index in [-0.39, 0.29) is 28.2 Å². The van der Waals surface area contributed by atoms with Gasteiger partial charge in [0, 0.05) is 12.0 Å². The smallest absolute Gasteiger partial charge is 0.282 e. The van der Waals surface area contributed by atoms with Crippen LogP contribution < -0.4 is 16.2 Å². The van der Waals surface area contributed by atoms with Crippen LogP contribution in [0.1, 0.15) is 42.5 Å². The minimum Gasteiger partial charge on any atom is -0.302 e. The molecule has 1 aromatic carbocycles. The molecule has 0 aromatic heterocycles. The van der Waals surface area contributed by atoms with E-state index in [0.29, 0.717) is 0 Å². The summed E-state index contributed by atoms with van der Waals surface area (Å²) in [7, 11) is 0. The first-order chi connectivity index (χ1) is 11.5. The molecule has 1 fully saturated rings. The molecule has 2 rings (SSSR count). The fraction of sp³-hybridized carbons (Fsp3) is 0.400. The van der Waals surface area contributed by atoms with Crippen molar-refractivity contribution >= 4 is 34.8 Å². The van der Waals surface area contributed by atoms with Gasteiger partial charge in [0.2, 0.25) is 5.91 Å². The lowest BCUT2D eigenvalue weighted by molar-refractivity contribution is -0.385. The summed E-state index contributed by atoms with van der Waals surface area (Å²) in [4.78, 5) is 34.3. The number of nitro groups is 1. The van der Waals surface area contributed by atoms with Gasteiger partial charge in [-0.05, 0) is 31.1 Å². The third kappa shape index (κ3) is 4.72. The average Bonchev–Trinajstić information content (AvgIpc) is 2.60. The summed E-state index contributed by atoms with van der Waals surface area (Å²) in [5.74, 6) is -0.951. The molecule has 0 heterocycles. The van der Waals surface area contributed by atoms with Crippen molar-refractivity contribution in [2.24, 2.45) is 5.92 Å². The van der Waals surface area contributed by atoms with Crippen molar-refractivity contribution in [2.45, 2.75) is 32.1 Å². The predicted molar refractivity (Wildman–Crippen MR) is 91.0 cm³/mol. The maximum absolute atomic E-state index is 12.0. The molecular formula is C15H18N4O4S. The van der Waals surface area contributed by atoms with Gasteiger partial charge in [-0.25, -0.2) is 0 Å². The number of carbonyl (C=O) groups excluding carboxylic acids is 2. The summed E-state index contributed by atoms with van der Waals surface area (Å²) in [5.41, 5.74) is 4.24. The van der Waals surface area contributed by atoms with E-state index >= 15 is 0 Å². The van der Waals surface area contributed by atoms with Crippen LogP contribution in [0, 0.1) is 16.0 Å². The summed E-state index contributed by atoms with van der Waals surface area (Å²) in [6.45, 7) is 0. The maximum atomic E-state index is 12.0. The highest BCUT2D eigenvalue weighted by Crippen LogP contribution is 2.23. The molecule has 1 aromatic rings. The van der Waals surface area contributed by atoms with Gasteiger partial charge in [0.25, 0.3) is 11.6 Å². The van der Waals surface area contributed by atoms with Crippen molar-refractivity contribution < 1.29 is 14.5 Å². The fourth-order valence-electron chi connectivity index (χ4n) is 2.62. The van der Waals surface area contributed by atoms with Crippen LogP contribution in [0.15, 0.2) is 24.3 Å². The van der Waals surface area contributed by atoms with Gasteiger partial charge in [-0.15, -0.1) is 0 Å². The van der Waals surface area contributed by atoms with Crippen LogP contribution in [0.3, 0.4) is 0 Å². The molecule has 0 atom stereocenters. The number of thiocarbonyl (C=S) groups is 1. The van der Waals surface area contributed by atoms with Crippen LogP contribution in [-0.2, 0) is 4.79 Å². The summed E-state index contributed by atoms with van der Waals surface area (Å²) >= 11 is 4.96. The van der Waals surface area contributed by atoms with Crippen LogP contribution in [0.4, 0.5) is 5.69 Å². The van der Waals surface area contributed by atoms with Gasteiger partial charge in [0.15, 0.2) is 5.11 Å². The van der Waals surface area contributed by atoms with Gasteiger partial charge in [-0.3, -0.25) is 30.6 Å². The molecule has 3 N–H and O–H groups in total. The molecular weight excluding hydrogens is 332 g/mol. The average molecular weight is 350 g/mol. The third-order valence-corrected chi connectivity index (χ3v) is 4.05. The second kappa shape index (κ2) is 8.34. The number of benzene rings is 1. The molecule has 128 valence electrons. The summed E-state index contributed by atoms with van der Waals surface area (Å²) in [6, 6.07) is 5.55. The summed E-state index contributed by atoms with van der Waals surface area (Å²) < 4.78 is 0. The van der Waals surface area contributed by atoms with E-state index in [4.69, 9.17) is 12.2 Å². The van der Waals surface area contributed by atoms with Crippen LogP contribution in [0.5, 0.6) is 0 Å². The van der Waals surface area contributed by atoms with Crippen LogP contribution in [-0.4, -0.2) is 21.9 Å². The molecule has 0 bridgehead atoms. The maximum Gasteiger partial charge on any atom is 0.282 e. The van der Waals surface area contributed by atoms with Crippen molar-refractivity contribution in [3.8, 4) is 0 Å². The summed E-state index contributed by atoms with van der Waals surface area (Å²) in [6.07, 6.45) is 4.84. The molecule has 0 spiro atoms. The molecule has 1 saturated carbocycles. The highest BCUT2D eigenvalue weighted by atomic mass is 32.1. The third-order valence-electron chi connectivity index (χ3n) is 3.85. The van der Waals surface area contributed by atoms with Gasteiger partial charge in [-0.1, -0.05) is 31.4 Å². The number of hydrogen-bond donors (Lipinski definition) is 3.